The van der Waals surface area contributed by atoms with Gasteiger partial charge in [0.2, 0.25) is 5.91 Å². The Balaban J connectivity index is 1.79. The van der Waals surface area contributed by atoms with Gasteiger partial charge in [0.15, 0.2) is 10.8 Å². The van der Waals surface area contributed by atoms with Gasteiger partial charge in [-0.15, -0.1) is 11.3 Å². The van der Waals surface area contributed by atoms with Crippen molar-refractivity contribution in [1.82, 2.24) is 19.5 Å². The number of fused-ring (bicyclic) bond motifs is 1. The normalized spacial score (nSPS) is 12.8. The highest BCUT2D eigenvalue weighted by atomic mass is 32.1. The molecule has 0 spiro atoms. The van der Waals surface area contributed by atoms with E-state index < -0.39 is 5.41 Å². The van der Waals surface area contributed by atoms with Crippen molar-refractivity contribution in [2.75, 3.05) is 5.32 Å². The molecule has 28 heavy (non-hydrogen) atoms. The van der Waals surface area contributed by atoms with Crippen LogP contribution in [-0.2, 0) is 4.79 Å². The van der Waals surface area contributed by atoms with E-state index in [0.717, 1.165) is 22.2 Å². The topological polar surface area (TPSA) is 72.7 Å². The summed E-state index contributed by atoms with van der Waals surface area (Å²) in [5.41, 5.74) is 2.07. The number of pyridine rings is 1. The Labute approximate surface area is 169 Å². The molecule has 1 amide bonds. The monoisotopic (exact) mass is 409 g/mol. The fourth-order valence-electron chi connectivity index (χ4n) is 3.46. The third kappa shape index (κ3) is 3.43. The molecule has 0 saturated heterocycles. The van der Waals surface area contributed by atoms with E-state index in [0.29, 0.717) is 5.13 Å². The van der Waals surface area contributed by atoms with Gasteiger partial charge in [-0.25, -0.2) is 14.4 Å². The summed E-state index contributed by atoms with van der Waals surface area (Å²) in [5.74, 6) is -0.267. The van der Waals surface area contributed by atoms with Crippen LogP contribution in [-0.4, -0.2) is 25.4 Å². The Morgan fingerprint density at radius 3 is 2.68 bits per heavy atom. The number of anilines is 1. The maximum absolute atomic E-state index is 13.2. The van der Waals surface area contributed by atoms with Crippen LogP contribution in [0.15, 0.2) is 60.4 Å². The zero-order chi connectivity index (χ0) is 19.7. The minimum absolute atomic E-state index is 0.0851. The van der Waals surface area contributed by atoms with Crippen molar-refractivity contribution in [2.24, 2.45) is 5.41 Å². The van der Waals surface area contributed by atoms with Gasteiger partial charge >= 0.3 is 0 Å². The summed E-state index contributed by atoms with van der Waals surface area (Å²) in [4.78, 5) is 22.0. The van der Waals surface area contributed by atoms with Crippen molar-refractivity contribution in [1.29, 1.82) is 0 Å². The summed E-state index contributed by atoms with van der Waals surface area (Å²) in [6, 6.07) is 12.1. The lowest BCUT2D eigenvalue weighted by molar-refractivity contribution is -0.124. The predicted molar refractivity (Wildman–Crippen MR) is 115 cm³/mol. The Kier molecular flexibility index (Phi) is 4.96. The maximum atomic E-state index is 13.2. The second-order valence-electron chi connectivity index (χ2n) is 7.13. The smallest absolute Gasteiger partial charge is 0.232 e. The first-order valence-corrected chi connectivity index (χ1v) is 10.2. The average molecular weight is 409 g/mol. The molecule has 2 unspecified atom stereocenters. The molecule has 1 aromatic carbocycles. The summed E-state index contributed by atoms with van der Waals surface area (Å²) in [6.07, 6.45) is 5.30. The second-order valence-corrected chi connectivity index (χ2v) is 8.51. The molecule has 0 fully saturated rings. The van der Waals surface area contributed by atoms with E-state index in [-0.39, 0.29) is 11.8 Å². The molecule has 0 aliphatic rings. The Morgan fingerprint density at radius 1 is 1.18 bits per heavy atom. The highest BCUT2D eigenvalue weighted by molar-refractivity contribution is 7.14. The largest absolute Gasteiger partial charge is 0.301 e. The minimum Gasteiger partial charge on any atom is -0.301 e. The molecule has 3 heterocycles. The molecule has 8 heteroatoms. The lowest BCUT2D eigenvalue weighted by atomic mass is 9.71. The van der Waals surface area contributed by atoms with Gasteiger partial charge in [0.1, 0.15) is 0 Å². The number of nitrogens with one attached hydrogen (secondary N) is 1. The molecule has 4 aromatic rings. The molecular formula is C20H20N5OPS. The van der Waals surface area contributed by atoms with Gasteiger partial charge in [-0.05, 0) is 26.6 Å². The molecule has 0 aliphatic heterocycles. The van der Waals surface area contributed by atoms with Crippen molar-refractivity contribution >= 4 is 42.8 Å². The van der Waals surface area contributed by atoms with Crippen LogP contribution in [0.2, 0.25) is 0 Å². The number of hydrogen-bond donors (Lipinski definition) is 1. The first-order valence-electron chi connectivity index (χ1n) is 8.81. The third-order valence-corrected chi connectivity index (χ3v) is 5.95. The zero-order valence-electron chi connectivity index (χ0n) is 15.5. The van der Waals surface area contributed by atoms with Gasteiger partial charge in [0, 0.05) is 29.1 Å². The van der Waals surface area contributed by atoms with Crippen LogP contribution in [0.5, 0.6) is 0 Å². The molecule has 0 bridgehead atoms. The average Bonchev–Trinajstić information content (AvgIpc) is 3.32. The molecule has 0 aliphatic carbocycles. The number of rotatable bonds is 5. The van der Waals surface area contributed by atoms with E-state index in [1.807, 2.05) is 55.8 Å². The standard InChI is InChI=1S/C20H20N5OPS/c1-20(2,18(26)24-19-21-8-9-28-19)16(13-6-4-3-5-7-13)14-10-15-12-23-25(27)17(15)22-11-14/h3-12,16H,27H2,1-2H3,(H,21,24,26). The zero-order valence-corrected chi connectivity index (χ0v) is 17.5. The van der Waals surface area contributed by atoms with Crippen LogP contribution in [0.1, 0.15) is 30.9 Å². The van der Waals surface area contributed by atoms with Gasteiger partial charge in [-0.1, -0.05) is 44.2 Å². The van der Waals surface area contributed by atoms with Crippen molar-refractivity contribution in [3.63, 3.8) is 0 Å². The summed E-state index contributed by atoms with van der Waals surface area (Å²) >= 11 is 1.41. The Hall–Kier alpha value is -2.63. The van der Waals surface area contributed by atoms with E-state index in [1.54, 1.807) is 16.8 Å². The maximum Gasteiger partial charge on any atom is 0.232 e. The second kappa shape index (κ2) is 7.41. The van der Waals surface area contributed by atoms with Gasteiger partial charge in [0.25, 0.3) is 0 Å². The van der Waals surface area contributed by atoms with E-state index in [9.17, 15) is 4.79 Å². The van der Waals surface area contributed by atoms with Crippen LogP contribution in [0.25, 0.3) is 11.0 Å². The lowest BCUT2D eigenvalue weighted by Gasteiger charge is -2.33. The van der Waals surface area contributed by atoms with Crippen molar-refractivity contribution in [3.05, 3.63) is 71.5 Å². The predicted octanol–water partition coefficient (Wildman–Crippen LogP) is 4.32. The molecule has 4 rings (SSSR count). The summed E-state index contributed by atoms with van der Waals surface area (Å²) in [5, 5.41) is 10.6. The third-order valence-electron chi connectivity index (χ3n) is 4.88. The fraction of sp³-hybridized carbons (Fsp3) is 0.200. The molecule has 0 saturated carbocycles. The summed E-state index contributed by atoms with van der Waals surface area (Å²) < 4.78 is 1.66. The van der Waals surface area contributed by atoms with E-state index in [1.165, 1.54) is 11.3 Å². The van der Waals surface area contributed by atoms with Gasteiger partial charge in [-0.3, -0.25) is 4.79 Å². The first-order chi connectivity index (χ1) is 13.5. The quantitative estimate of drug-likeness (QED) is 0.498. The number of thiazole rings is 1. The number of carbonyl (C=O) groups excluding carboxylic acids is 1. The molecule has 2 atom stereocenters. The van der Waals surface area contributed by atoms with Gasteiger partial charge in [0.05, 0.1) is 11.6 Å². The van der Waals surface area contributed by atoms with E-state index in [4.69, 9.17) is 0 Å². The van der Waals surface area contributed by atoms with Gasteiger partial charge < -0.3 is 5.32 Å². The molecule has 1 N–H and O–H groups in total. The number of amides is 1. The first kappa shape index (κ1) is 18.7. The highest BCUT2D eigenvalue weighted by Gasteiger charge is 2.39. The van der Waals surface area contributed by atoms with Crippen LogP contribution < -0.4 is 5.32 Å². The highest BCUT2D eigenvalue weighted by Crippen LogP contribution is 2.42. The summed E-state index contributed by atoms with van der Waals surface area (Å²) in [6.45, 7) is 3.91. The minimum atomic E-state index is -0.737. The summed E-state index contributed by atoms with van der Waals surface area (Å²) in [7, 11) is 2.52. The Bertz CT molecular complexity index is 1110. The molecule has 142 valence electrons. The molecular weight excluding hydrogens is 389 g/mol. The Morgan fingerprint density at radius 2 is 1.96 bits per heavy atom. The molecule has 3 aromatic heterocycles. The number of benzene rings is 1. The van der Waals surface area contributed by atoms with E-state index >= 15 is 0 Å². The number of carbonyl (C=O) groups is 1. The van der Waals surface area contributed by atoms with Crippen molar-refractivity contribution in [3.8, 4) is 0 Å². The van der Waals surface area contributed by atoms with Crippen LogP contribution in [0.3, 0.4) is 0 Å². The fourth-order valence-corrected chi connectivity index (χ4v) is 4.27. The number of aromatic nitrogens is 4. The van der Waals surface area contributed by atoms with Crippen LogP contribution in [0, 0.1) is 5.41 Å². The van der Waals surface area contributed by atoms with Gasteiger partial charge in [-0.2, -0.15) is 5.10 Å². The SMILES string of the molecule is CC(C)(C(=O)Nc1nccs1)C(c1ccccc1)c1cnc2c(cnn2P)c1. The lowest BCUT2D eigenvalue weighted by Crippen LogP contribution is -2.37. The van der Waals surface area contributed by atoms with Crippen LogP contribution in [0.4, 0.5) is 5.13 Å². The molecule has 6 nitrogen and oxygen atoms in total. The van der Waals surface area contributed by atoms with Crippen LogP contribution >= 0.6 is 20.7 Å². The van der Waals surface area contributed by atoms with Crippen molar-refractivity contribution in [2.45, 2.75) is 19.8 Å². The van der Waals surface area contributed by atoms with E-state index in [2.05, 4.69) is 35.8 Å². The number of nitrogens with zero attached hydrogens (tertiary/aromatic N) is 4. The molecule has 0 radical (unpaired) electrons. The van der Waals surface area contributed by atoms with Crippen molar-refractivity contribution < 1.29 is 4.79 Å². The number of hydrogen-bond acceptors (Lipinski definition) is 5.